The van der Waals surface area contributed by atoms with Crippen molar-refractivity contribution in [1.29, 1.82) is 0 Å². The van der Waals surface area contributed by atoms with Crippen LogP contribution in [-0.4, -0.2) is 32.9 Å². The number of hydrogen-bond acceptors (Lipinski definition) is 4. The zero-order chi connectivity index (χ0) is 30.2. The number of anilines is 1. The molecule has 1 aliphatic rings. The van der Waals surface area contributed by atoms with Crippen molar-refractivity contribution < 1.29 is 41.4 Å². The Morgan fingerprint density at radius 2 is 1.67 bits per heavy atom. The summed E-state index contributed by atoms with van der Waals surface area (Å²) in [5.41, 5.74) is -0.153. The summed E-state index contributed by atoms with van der Waals surface area (Å²) < 4.78 is 73.2. The highest BCUT2D eigenvalue weighted by Crippen LogP contribution is 2.40. The van der Waals surface area contributed by atoms with Gasteiger partial charge < -0.3 is 19.7 Å². The number of carboxylic acid groups (broad SMARTS) is 1. The van der Waals surface area contributed by atoms with Gasteiger partial charge in [-0.2, -0.15) is 0 Å². The van der Waals surface area contributed by atoms with E-state index < -0.39 is 47.2 Å². The van der Waals surface area contributed by atoms with Crippen LogP contribution in [0.5, 0.6) is 5.75 Å². The molecule has 0 aliphatic heterocycles. The zero-order valence-corrected chi connectivity index (χ0v) is 22.5. The van der Waals surface area contributed by atoms with Gasteiger partial charge in [-0.05, 0) is 55.2 Å². The molecule has 2 N–H and O–H groups in total. The van der Waals surface area contributed by atoms with Crippen LogP contribution in [0.3, 0.4) is 0 Å². The maximum atomic E-state index is 14.5. The van der Waals surface area contributed by atoms with Crippen molar-refractivity contribution in [1.82, 2.24) is 9.55 Å². The first-order valence-corrected chi connectivity index (χ1v) is 13.4. The third kappa shape index (κ3) is 6.18. The largest absolute Gasteiger partial charge is 0.573 e. The molecule has 1 amide bonds. The molecule has 0 bridgehead atoms. The summed E-state index contributed by atoms with van der Waals surface area (Å²) in [6.45, 7) is 0. The Kier molecular flexibility index (Phi) is 8.09. The number of carbonyl (C=O) groups is 2. The average Bonchev–Trinajstić information content (AvgIpc) is 3.26. The van der Waals surface area contributed by atoms with Crippen molar-refractivity contribution in [2.24, 2.45) is 5.92 Å². The molecule has 5 rings (SSSR count). The first-order valence-electron chi connectivity index (χ1n) is 13.0. The van der Waals surface area contributed by atoms with Gasteiger partial charge >= 0.3 is 12.3 Å². The molecule has 1 heterocycles. The van der Waals surface area contributed by atoms with E-state index in [0.29, 0.717) is 23.4 Å². The second-order valence-corrected chi connectivity index (χ2v) is 10.4. The standard InChI is InChI=1S/C29H23ClF5N3O4/c30-17-8-6-16(7-9-17)26-37-22-13-20(31)21(32)14-23(22)38(26)25(15-4-2-1-3-5-15)27(39)36-18-10-11-19(28(40)41)24(12-18)42-29(33,34)35/h6-15,25H,1-5H2,(H,36,39)(H,40,41). The first kappa shape index (κ1) is 29.3. The van der Waals surface area contributed by atoms with E-state index in [1.54, 1.807) is 24.3 Å². The SMILES string of the molecule is O=C(O)c1ccc(NC(=O)C(C2CCCCC2)n2c(-c3ccc(Cl)cc3)nc3cc(F)c(F)cc32)cc1OC(F)(F)F. The minimum absolute atomic E-state index is 0.0964. The molecule has 1 unspecified atom stereocenters. The summed E-state index contributed by atoms with van der Waals surface area (Å²) in [5, 5.41) is 12.3. The summed E-state index contributed by atoms with van der Waals surface area (Å²) in [7, 11) is 0. The molecule has 0 spiro atoms. The summed E-state index contributed by atoms with van der Waals surface area (Å²) >= 11 is 6.06. The maximum absolute atomic E-state index is 14.5. The van der Waals surface area contributed by atoms with Crippen LogP contribution in [-0.2, 0) is 4.79 Å². The van der Waals surface area contributed by atoms with Gasteiger partial charge in [0.1, 0.15) is 23.2 Å². The number of halogens is 6. The molecule has 42 heavy (non-hydrogen) atoms. The number of nitrogens with one attached hydrogen (secondary N) is 1. The van der Waals surface area contributed by atoms with Crippen LogP contribution in [0.2, 0.25) is 5.02 Å². The predicted octanol–water partition coefficient (Wildman–Crippen LogP) is 7.99. The molecule has 1 atom stereocenters. The minimum atomic E-state index is -5.18. The molecule has 3 aromatic carbocycles. The third-order valence-corrected chi connectivity index (χ3v) is 7.43. The fourth-order valence-corrected chi connectivity index (χ4v) is 5.49. The molecule has 1 aliphatic carbocycles. The van der Waals surface area contributed by atoms with Crippen molar-refractivity contribution in [2.45, 2.75) is 44.5 Å². The van der Waals surface area contributed by atoms with Gasteiger partial charge in [-0.3, -0.25) is 4.79 Å². The van der Waals surface area contributed by atoms with Crippen molar-refractivity contribution >= 4 is 40.2 Å². The molecule has 7 nitrogen and oxygen atoms in total. The molecule has 0 radical (unpaired) electrons. The van der Waals surface area contributed by atoms with Crippen molar-refractivity contribution in [3.8, 4) is 17.1 Å². The van der Waals surface area contributed by atoms with Crippen LogP contribution < -0.4 is 10.1 Å². The second kappa shape index (κ2) is 11.6. The molecular weight excluding hydrogens is 585 g/mol. The van der Waals surface area contributed by atoms with Gasteiger partial charge in [0, 0.05) is 34.5 Å². The van der Waals surface area contributed by atoms with Gasteiger partial charge in [0.25, 0.3) is 0 Å². The Bertz CT molecular complexity index is 1650. The number of imidazole rings is 1. The number of amides is 1. The van der Waals surface area contributed by atoms with E-state index in [-0.39, 0.29) is 28.5 Å². The molecule has 4 aromatic rings. The number of carboxylic acids is 1. The van der Waals surface area contributed by atoms with Crippen LogP contribution in [0.4, 0.5) is 27.6 Å². The predicted molar refractivity (Wildman–Crippen MR) is 144 cm³/mol. The van der Waals surface area contributed by atoms with Crippen LogP contribution in [0.1, 0.15) is 48.5 Å². The second-order valence-electron chi connectivity index (χ2n) is 9.96. The van der Waals surface area contributed by atoms with E-state index in [0.717, 1.165) is 49.6 Å². The highest BCUT2D eigenvalue weighted by molar-refractivity contribution is 6.30. The van der Waals surface area contributed by atoms with Gasteiger partial charge in [-0.1, -0.05) is 30.9 Å². The van der Waals surface area contributed by atoms with Gasteiger partial charge in [0.2, 0.25) is 5.91 Å². The molecule has 1 aromatic heterocycles. The van der Waals surface area contributed by atoms with E-state index in [9.17, 15) is 36.6 Å². The fraction of sp³-hybridized carbons (Fsp3) is 0.276. The summed E-state index contributed by atoms with van der Waals surface area (Å²) in [6.07, 6.45) is -1.41. The van der Waals surface area contributed by atoms with Crippen molar-refractivity contribution in [3.63, 3.8) is 0 Å². The van der Waals surface area contributed by atoms with Crippen molar-refractivity contribution in [2.75, 3.05) is 5.32 Å². The van der Waals surface area contributed by atoms with Crippen LogP contribution in [0.25, 0.3) is 22.4 Å². The molecule has 220 valence electrons. The van der Waals surface area contributed by atoms with Gasteiger partial charge in [0.15, 0.2) is 11.6 Å². The Morgan fingerprint density at radius 3 is 2.31 bits per heavy atom. The zero-order valence-electron chi connectivity index (χ0n) is 21.7. The Hall–Kier alpha value is -4.19. The minimum Gasteiger partial charge on any atom is -0.478 e. The monoisotopic (exact) mass is 607 g/mol. The molecular formula is C29H23ClF5N3O4. The number of nitrogens with zero attached hydrogens (tertiary/aromatic N) is 2. The molecule has 0 saturated heterocycles. The van der Waals surface area contributed by atoms with E-state index in [2.05, 4.69) is 15.0 Å². The Morgan fingerprint density at radius 1 is 1.00 bits per heavy atom. The topological polar surface area (TPSA) is 93.5 Å². The van der Waals surface area contributed by atoms with Gasteiger partial charge in [0.05, 0.1) is 11.0 Å². The number of hydrogen-bond donors (Lipinski definition) is 2. The smallest absolute Gasteiger partial charge is 0.478 e. The number of aromatic nitrogens is 2. The molecule has 1 saturated carbocycles. The molecule has 13 heteroatoms. The van der Waals surface area contributed by atoms with Gasteiger partial charge in [-0.15, -0.1) is 13.2 Å². The highest BCUT2D eigenvalue weighted by Gasteiger charge is 2.36. The first-order chi connectivity index (χ1) is 19.9. The fourth-order valence-electron chi connectivity index (χ4n) is 5.37. The Labute approximate surface area is 240 Å². The Balaban J connectivity index is 1.64. The van der Waals surface area contributed by atoms with Crippen LogP contribution in [0.15, 0.2) is 54.6 Å². The highest BCUT2D eigenvalue weighted by atomic mass is 35.5. The normalized spacial score (nSPS) is 15.0. The average molecular weight is 608 g/mol. The number of ether oxygens (including phenoxy) is 1. The number of benzene rings is 3. The maximum Gasteiger partial charge on any atom is 0.573 e. The number of alkyl halides is 3. The third-order valence-electron chi connectivity index (χ3n) is 7.18. The number of aromatic carboxylic acids is 1. The van der Waals surface area contributed by atoms with Crippen molar-refractivity contribution in [3.05, 3.63) is 76.8 Å². The lowest BCUT2D eigenvalue weighted by atomic mass is 9.83. The number of carbonyl (C=O) groups excluding carboxylic acids is 1. The summed E-state index contributed by atoms with van der Waals surface area (Å²) in [4.78, 5) is 30.0. The number of fused-ring (bicyclic) bond motifs is 1. The van der Waals surface area contributed by atoms with Gasteiger partial charge in [-0.25, -0.2) is 18.6 Å². The lowest BCUT2D eigenvalue weighted by molar-refractivity contribution is -0.274. The van der Waals surface area contributed by atoms with E-state index in [1.807, 2.05) is 0 Å². The van der Waals surface area contributed by atoms with Crippen LogP contribution in [0, 0.1) is 17.6 Å². The lowest BCUT2D eigenvalue weighted by Crippen LogP contribution is -2.33. The van der Waals surface area contributed by atoms with E-state index in [1.165, 1.54) is 4.57 Å². The number of rotatable bonds is 7. The van der Waals surface area contributed by atoms with E-state index >= 15 is 0 Å². The van der Waals surface area contributed by atoms with Crippen LogP contribution >= 0.6 is 11.6 Å². The molecule has 1 fully saturated rings. The lowest BCUT2D eigenvalue weighted by Gasteiger charge is -2.32. The summed E-state index contributed by atoms with van der Waals surface area (Å²) in [6, 6.07) is 10.1. The van der Waals surface area contributed by atoms with E-state index in [4.69, 9.17) is 11.6 Å². The summed E-state index contributed by atoms with van der Waals surface area (Å²) in [5.74, 6) is -5.65. The quantitative estimate of drug-likeness (QED) is 0.208.